The molecule has 0 fully saturated rings. The van der Waals surface area contributed by atoms with Gasteiger partial charge in [-0.2, -0.15) is 0 Å². The third kappa shape index (κ3) is 6.86. The summed E-state index contributed by atoms with van der Waals surface area (Å²) in [6.45, 7) is 5.18. The van der Waals surface area contributed by atoms with Crippen LogP contribution < -0.4 is 0 Å². The fourth-order valence-electron chi connectivity index (χ4n) is 3.50. The molecule has 0 saturated carbocycles. The minimum Gasteiger partial charge on any atom is -0.492 e. The largest absolute Gasteiger partial charge is 0.492 e. The van der Waals surface area contributed by atoms with E-state index in [9.17, 15) is 9.50 Å². The van der Waals surface area contributed by atoms with Crippen LogP contribution in [0.2, 0.25) is 0 Å². The molecule has 5 heteroatoms. The zero-order chi connectivity index (χ0) is 22.1. The summed E-state index contributed by atoms with van der Waals surface area (Å²) in [4.78, 5) is 8.16. The summed E-state index contributed by atoms with van der Waals surface area (Å²) in [5.74, 6) is -0.404. The molecule has 0 saturated heterocycles. The van der Waals surface area contributed by atoms with Gasteiger partial charge in [0.25, 0.3) is 0 Å². The number of halogens is 1. The van der Waals surface area contributed by atoms with Crippen LogP contribution in [-0.4, -0.2) is 27.8 Å². The van der Waals surface area contributed by atoms with Crippen LogP contribution in [0, 0.1) is 5.82 Å². The van der Waals surface area contributed by atoms with Crippen molar-refractivity contribution in [2.45, 2.75) is 58.5 Å². The van der Waals surface area contributed by atoms with Crippen molar-refractivity contribution in [2.75, 3.05) is 6.61 Å². The van der Waals surface area contributed by atoms with Crippen LogP contribution in [0.25, 0.3) is 28.2 Å². The highest BCUT2D eigenvalue weighted by molar-refractivity contribution is 5.81. The molecule has 1 heterocycles. The first-order valence-corrected chi connectivity index (χ1v) is 11.1. The molecule has 0 aliphatic heterocycles. The number of unbranched alkanes of at least 4 members (excludes halogenated alkanes) is 3. The molecule has 164 valence electrons. The summed E-state index contributed by atoms with van der Waals surface area (Å²) in [6.07, 6.45) is 12.3. The average molecular weight is 423 g/mol. The summed E-state index contributed by atoms with van der Waals surface area (Å²) in [5.41, 5.74) is 3.28. The number of aromatic hydroxyl groups is 1. The molecular formula is C26H31FN2O2. The van der Waals surface area contributed by atoms with Gasteiger partial charge in [0.1, 0.15) is 5.82 Å². The Morgan fingerprint density at radius 3 is 2.77 bits per heavy atom. The standard InChI is InChI=1S/C26H31FN2O2/c1-3-4-8-15-31-19(2)9-6-5-7-10-20-11-13-22(23(27)16-20)21-12-14-24-25(17-21)28-18-26(30)29-24/h7,10-14,16-19H,3-6,8-9,15H2,1-2H3,(H,29,30). The average Bonchev–Trinajstić information content (AvgIpc) is 2.76. The third-order valence-electron chi connectivity index (χ3n) is 5.28. The molecule has 0 aliphatic rings. The summed E-state index contributed by atoms with van der Waals surface area (Å²) in [6, 6.07) is 10.6. The first kappa shape index (κ1) is 22.9. The van der Waals surface area contributed by atoms with Crippen LogP contribution in [0.5, 0.6) is 5.88 Å². The van der Waals surface area contributed by atoms with Crippen molar-refractivity contribution in [3.05, 3.63) is 60.1 Å². The lowest BCUT2D eigenvalue weighted by molar-refractivity contribution is 0.0566. The van der Waals surface area contributed by atoms with Crippen molar-refractivity contribution in [3.63, 3.8) is 0 Å². The Morgan fingerprint density at radius 1 is 1.10 bits per heavy atom. The topological polar surface area (TPSA) is 55.2 Å². The van der Waals surface area contributed by atoms with E-state index in [0.717, 1.165) is 43.4 Å². The normalized spacial score (nSPS) is 12.6. The van der Waals surface area contributed by atoms with Gasteiger partial charge in [0.2, 0.25) is 5.88 Å². The molecule has 3 aromatic rings. The van der Waals surface area contributed by atoms with Crippen molar-refractivity contribution in [2.24, 2.45) is 0 Å². The van der Waals surface area contributed by atoms with Crippen LogP contribution >= 0.6 is 0 Å². The Kier molecular flexibility index (Phi) is 8.53. The van der Waals surface area contributed by atoms with Crippen molar-refractivity contribution >= 4 is 17.1 Å². The van der Waals surface area contributed by atoms with Crippen LogP contribution in [0.15, 0.2) is 48.7 Å². The molecule has 0 spiro atoms. The van der Waals surface area contributed by atoms with E-state index in [0.29, 0.717) is 16.6 Å². The van der Waals surface area contributed by atoms with E-state index < -0.39 is 0 Å². The van der Waals surface area contributed by atoms with Gasteiger partial charge in [0.05, 0.1) is 23.3 Å². The van der Waals surface area contributed by atoms with Gasteiger partial charge in [-0.3, -0.25) is 0 Å². The molecule has 3 rings (SSSR count). The SMILES string of the molecule is CCCCCOC(C)CCCC=Cc1ccc(-c2ccc3nc(O)cnc3c2)c(F)c1. The molecule has 2 aromatic carbocycles. The number of nitrogens with zero attached hydrogens (tertiary/aromatic N) is 2. The fourth-order valence-corrected chi connectivity index (χ4v) is 3.50. The van der Waals surface area contributed by atoms with E-state index in [1.807, 2.05) is 12.1 Å². The van der Waals surface area contributed by atoms with E-state index in [-0.39, 0.29) is 17.8 Å². The number of benzene rings is 2. The molecule has 31 heavy (non-hydrogen) atoms. The summed E-state index contributed by atoms with van der Waals surface area (Å²) < 4.78 is 20.5. The van der Waals surface area contributed by atoms with E-state index in [1.165, 1.54) is 19.0 Å². The minimum atomic E-state index is -0.276. The highest BCUT2D eigenvalue weighted by Gasteiger charge is 2.08. The van der Waals surface area contributed by atoms with Crippen molar-refractivity contribution in [3.8, 4) is 17.0 Å². The summed E-state index contributed by atoms with van der Waals surface area (Å²) in [5, 5.41) is 9.43. The Morgan fingerprint density at radius 2 is 1.97 bits per heavy atom. The quantitative estimate of drug-likeness (QED) is 0.341. The minimum absolute atomic E-state index is 0.128. The maximum atomic E-state index is 14.7. The third-order valence-corrected chi connectivity index (χ3v) is 5.28. The second-order valence-corrected chi connectivity index (χ2v) is 7.89. The first-order valence-electron chi connectivity index (χ1n) is 11.1. The van der Waals surface area contributed by atoms with Gasteiger partial charge in [0.15, 0.2) is 0 Å². The lowest BCUT2D eigenvalue weighted by Crippen LogP contribution is -2.08. The Labute approximate surface area is 183 Å². The van der Waals surface area contributed by atoms with E-state index in [1.54, 1.807) is 30.3 Å². The van der Waals surface area contributed by atoms with Crippen molar-refractivity contribution in [1.82, 2.24) is 9.97 Å². The van der Waals surface area contributed by atoms with Gasteiger partial charge < -0.3 is 9.84 Å². The van der Waals surface area contributed by atoms with E-state index in [2.05, 4.69) is 29.9 Å². The zero-order valence-corrected chi connectivity index (χ0v) is 18.4. The van der Waals surface area contributed by atoms with Gasteiger partial charge in [0, 0.05) is 12.2 Å². The molecule has 0 bridgehead atoms. The van der Waals surface area contributed by atoms with Gasteiger partial charge in [-0.05, 0) is 61.9 Å². The fraction of sp³-hybridized carbons (Fsp3) is 0.385. The predicted molar refractivity (Wildman–Crippen MR) is 124 cm³/mol. The van der Waals surface area contributed by atoms with Crippen molar-refractivity contribution in [1.29, 1.82) is 0 Å². The Hall–Kier alpha value is -2.79. The van der Waals surface area contributed by atoms with Gasteiger partial charge in [-0.15, -0.1) is 0 Å². The maximum absolute atomic E-state index is 14.7. The summed E-state index contributed by atoms with van der Waals surface area (Å²) in [7, 11) is 0. The highest BCUT2D eigenvalue weighted by Crippen LogP contribution is 2.27. The smallest absolute Gasteiger partial charge is 0.230 e. The molecule has 0 radical (unpaired) electrons. The zero-order valence-electron chi connectivity index (χ0n) is 18.4. The van der Waals surface area contributed by atoms with Crippen LogP contribution in [0.3, 0.4) is 0 Å². The van der Waals surface area contributed by atoms with Gasteiger partial charge in [-0.1, -0.05) is 50.1 Å². The number of aromatic nitrogens is 2. The number of rotatable bonds is 11. The van der Waals surface area contributed by atoms with Crippen LogP contribution in [0.1, 0.15) is 57.9 Å². The predicted octanol–water partition coefficient (Wildman–Crippen LogP) is 6.92. The monoisotopic (exact) mass is 422 g/mol. The second kappa shape index (κ2) is 11.6. The molecule has 1 unspecified atom stereocenters. The molecule has 1 atom stereocenters. The Balaban J connectivity index is 1.53. The number of hydrogen-bond acceptors (Lipinski definition) is 4. The molecule has 1 N–H and O–H groups in total. The highest BCUT2D eigenvalue weighted by atomic mass is 19.1. The first-order chi connectivity index (χ1) is 15.1. The van der Waals surface area contributed by atoms with Crippen molar-refractivity contribution < 1.29 is 14.2 Å². The number of allylic oxidation sites excluding steroid dienone is 1. The maximum Gasteiger partial charge on any atom is 0.230 e. The van der Waals surface area contributed by atoms with E-state index >= 15 is 0 Å². The lowest BCUT2D eigenvalue weighted by Gasteiger charge is -2.12. The number of ether oxygens (including phenoxy) is 1. The molecule has 4 nitrogen and oxygen atoms in total. The van der Waals surface area contributed by atoms with E-state index in [4.69, 9.17) is 4.74 Å². The second-order valence-electron chi connectivity index (χ2n) is 7.89. The van der Waals surface area contributed by atoms with Crippen LogP contribution in [0.4, 0.5) is 4.39 Å². The van der Waals surface area contributed by atoms with Gasteiger partial charge in [-0.25, -0.2) is 14.4 Å². The molecular weight excluding hydrogens is 391 g/mol. The summed E-state index contributed by atoms with van der Waals surface area (Å²) >= 11 is 0. The lowest BCUT2D eigenvalue weighted by atomic mass is 10.0. The molecule has 0 aliphatic carbocycles. The molecule has 0 amide bonds. The number of fused-ring (bicyclic) bond motifs is 1. The Bertz CT molecular complexity index is 1020. The molecule has 1 aromatic heterocycles. The van der Waals surface area contributed by atoms with Crippen LogP contribution in [-0.2, 0) is 4.74 Å². The van der Waals surface area contributed by atoms with Gasteiger partial charge >= 0.3 is 0 Å². The number of hydrogen-bond donors (Lipinski definition) is 1.